The van der Waals surface area contributed by atoms with Crippen LogP contribution in [0.15, 0.2) is 5.10 Å². The first-order valence-electron chi connectivity index (χ1n) is 6.41. The average Bonchev–Trinajstić information content (AvgIpc) is 2.40. The summed E-state index contributed by atoms with van der Waals surface area (Å²) in [5.41, 5.74) is 0.396. The Hall–Kier alpha value is -1.47. The fourth-order valence-corrected chi connectivity index (χ4v) is 2.32. The Morgan fingerprint density at radius 3 is 2.84 bits per heavy atom. The molecule has 2 unspecified atom stereocenters. The highest BCUT2D eigenvalue weighted by molar-refractivity contribution is 6.39. The smallest absolute Gasteiger partial charge is 0.270 e. The molecule has 2 aliphatic heterocycles. The molecule has 0 aliphatic carbocycles. The Labute approximate surface area is 111 Å². The van der Waals surface area contributed by atoms with E-state index in [2.05, 4.69) is 5.10 Å². The van der Waals surface area contributed by atoms with E-state index >= 15 is 0 Å². The SMILES string of the molecule is CC1CN(C(=O)C2=NN(C)C(=O)CC2)CC(CO)O1. The number of ether oxygens (including phenoxy) is 1. The number of amides is 2. The molecule has 0 saturated carbocycles. The molecule has 0 aromatic rings. The van der Waals surface area contributed by atoms with Crippen LogP contribution >= 0.6 is 0 Å². The van der Waals surface area contributed by atoms with E-state index in [0.717, 1.165) is 0 Å². The van der Waals surface area contributed by atoms with E-state index in [4.69, 9.17) is 9.84 Å². The van der Waals surface area contributed by atoms with Crippen LogP contribution < -0.4 is 0 Å². The van der Waals surface area contributed by atoms with Crippen molar-refractivity contribution in [2.75, 3.05) is 26.7 Å². The maximum atomic E-state index is 12.3. The summed E-state index contributed by atoms with van der Waals surface area (Å²) < 4.78 is 5.49. The Morgan fingerprint density at radius 2 is 2.21 bits per heavy atom. The number of rotatable bonds is 2. The molecular weight excluding hydrogens is 250 g/mol. The zero-order chi connectivity index (χ0) is 14.0. The number of hydrogen-bond donors (Lipinski definition) is 1. The fourth-order valence-electron chi connectivity index (χ4n) is 2.32. The fraction of sp³-hybridized carbons (Fsp3) is 0.750. The number of hydrazone groups is 1. The van der Waals surface area contributed by atoms with Crippen molar-refractivity contribution >= 4 is 17.5 Å². The van der Waals surface area contributed by atoms with Gasteiger partial charge in [0.1, 0.15) is 5.71 Å². The molecule has 106 valence electrons. The van der Waals surface area contributed by atoms with Crippen molar-refractivity contribution in [2.24, 2.45) is 5.10 Å². The number of nitrogens with zero attached hydrogens (tertiary/aromatic N) is 3. The molecule has 0 aromatic heterocycles. The van der Waals surface area contributed by atoms with Gasteiger partial charge in [-0.05, 0) is 6.92 Å². The van der Waals surface area contributed by atoms with E-state index in [9.17, 15) is 9.59 Å². The third-order valence-electron chi connectivity index (χ3n) is 3.27. The highest BCUT2D eigenvalue weighted by Gasteiger charge is 2.32. The van der Waals surface area contributed by atoms with Gasteiger partial charge in [-0.1, -0.05) is 0 Å². The summed E-state index contributed by atoms with van der Waals surface area (Å²) in [6.07, 6.45) is 0.219. The van der Waals surface area contributed by atoms with Crippen LogP contribution in [0.2, 0.25) is 0 Å². The monoisotopic (exact) mass is 269 g/mol. The molecule has 1 N–H and O–H groups in total. The van der Waals surface area contributed by atoms with E-state index < -0.39 is 0 Å². The van der Waals surface area contributed by atoms with Crippen molar-refractivity contribution in [3.05, 3.63) is 0 Å². The number of morpholine rings is 1. The predicted octanol–water partition coefficient (Wildman–Crippen LogP) is -0.797. The van der Waals surface area contributed by atoms with Crippen molar-refractivity contribution in [1.29, 1.82) is 0 Å². The van der Waals surface area contributed by atoms with E-state index in [1.54, 1.807) is 11.9 Å². The Morgan fingerprint density at radius 1 is 1.47 bits per heavy atom. The number of aliphatic hydroxyl groups excluding tert-OH is 1. The third kappa shape index (κ3) is 3.10. The summed E-state index contributed by atoms with van der Waals surface area (Å²) in [5, 5.41) is 14.4. The molecule has 0 radical (unpaired) electrons. The highest BCUT2D eigenvalue weighted by Crippen LogP contribution is 2.14. The lowest BCUT2D eigenvalue weighted by molar-refractivity contribution is -0.140. The minimum absolute atomic E-state index is 0.0832. The quantitative estimate of drug-likeness (QED) is 0.711. The molecule has 2 amide bonds. The van der Waals surface area contributed by atoms with E-state index in [-0.39, 0.29) is 30.6 Å². The molecule has 2 aliphatic rings. The van der Waals surface area contributed by atoms with Crippen molar-refractivity contribution in [3.63, 3.8) is 0 Å². The standard InChI is InChI=1S/C12H19N3O4/c1-8-5-15(6-9(7-16)19-8)12(18)10-3-4-11(17)14(2)13-10/h8-9,16H,3-7H2,1-2H3. The van der Waals surface area contributed by atoms with Gasteiger partial charge >= 0.3 is 0 Å². The summed E-state index contributed by atoms with van der Waals surface area (Å²) in [4.78, 5) is 25.3. The molecule has 1 saturated heterocycles. The van der Waals surface area contributed by atoms with Gasteiger partial charge in [0, 0.05) is 33.0 Å². The number of carbonyl (C=O) groups excluding carboxylic acids is 2. The summed E-state index contributed by atoms with van der Waals surface area (Å²) in [6, 6.07) is 0. The lowest BCUT2D eigenvalue weighted by Crippen LogP contribution is -2.52. The number of carbonyl (C=O) groups is 2. The highest BCUT2D eigenvalue weighted by atomic mass is 16.5. The van der Waals surface area contributed by atoms with Gasteiger partial charge in [-0.15, -0.1) is 0 Å². The minimum Gasteiger partial charge on any atom is -0.394 e. The van der Waals surface area contributed by atoms with Gasteiger partial charge in [0.2, 0.25) is 5.91 Å². The van der Waals surface area contributed by atoms with Gasteiger partial charge < -0.3 is 14.7 Å². The normalized spacial score (nSPS) is 28.4. The lowest BCUT2D eigenvalue weighted by atomic mass is 10.1. The largest absolute Gasteiger partial charge is 0.394 e. The molecular formula is C12H19N3O4. The van der Waals surface area contributed by atoms with Gasteiger partial charge in [0.25, 0.3) is 5.91 Å². The Kier molecular flexibility index (Phi) is 4.16. The molecule has 0 spiro atoms. The van der Waals surface area contributed by atoms with E-state index in [0.29, 0.717) is 31.6 Å². The van der Waals surface area contributed by atoms with Gasteiger partial charge in [-0.25, -0.2) is 5.01 Å². The van der Waals surface area contributed by atoms with Crippen LogP contribution in [0.1, 0.15) is 19.8 Å². The molecule has 2 heterocycles. The maximum Gasteiger partial charge on any atom is 0.270 e. The van der Waals surface area contributed by atoms with Crippen LogP contribution in [0.25, 0.3) is 0 Å². The van der Waals surface area contributed by atoms with Gasteiger partial charge in [0.15, 0.2) is 0 Å². The second kappa shape index (κ2) is 5.66. The van der Waals surface area contributed by atoms with Crippen LogP contribution in [0.5, 0.6) is 0 Å². The van der Waals surface area contributed by atoms with Crippen LogP contribution in [0.4, 0.5) is 0 Å². The first-order valence-corrected chi connectivity index (χ1v) is 6.41. The second-order valence-corrected chi connectivity index (χ2v) is 4.93. The van der Waals surface area contributed by atoms with Crippen LogP contribution in [-0.2, 0) is 14.3 Å². The van der Waals surface area contributed by atoms with Crippen molar-refractivity contribution in [1.82, 2.24) is 9.91 Å². The average molecular weight is 269 g/mol. The first kappa shape index (κ1) is 14.0. The predicted molar refractivity (Wildman–Crippen MR) is 67.4 cm³/mol. The number of hydrogen-bond acceptors (Lipinski definition) is 5. The Bertz CT molecular complexity index is 410. The molecule has 19 heavy (non-hydrogen) atoms. The third-order valence-corrected chi connectivity index (χ3v) is 3.27. The molecule has 7 nitrogen and oxygen atoms in total. The summed E-state index contributed by atoms with van der Waals surface area (Å²) in [7, 11) is 1.55. The lowest BCUT2D eigenvalue weighted by Gasteiger charge is -2.36. The molecule has 2 rings (SSSR count). The molecule has 0 aromatic carbocycles. The van der Waals surface area contributed by atoms with Crippen LogP contribution in [0, 0.1) is 0 Å². The van der Waals surface area contributed by atoms with Gasteiger partial charge in [-0.2, -0.15) is 5.10 Å². The summed E-state index contributed by atoms with van der Waals surface area (Å²) in [6.45, 7) is 2.59. The molecule has 7 heteroatoms. The molecule has 1 fully saturated rings. The van der Waals surface area contributed by atoms with Crippen molar-refractivity contribution < 1.29 is 19.4 Å². The summed E-state index contributed by atoms with van der Waals surface area (Å²) in [5.74, 6) is -0.256. The topological polar surface area (TPSA) is 82.4 Å². The zero-order valence-electron chi connectivity index (χ0n) is 11.2. The van der Waals surface area contributed by atoms with Crippen LogP contribution in [0.3, 0.4) is 0 Å². The zero-order valence-corrected chi connectivity index (χ0v) is 11.2. The van der Waals surface area contributed by atoms with E-state index in [1.807, 2.05) is 6.92 Å². The van der Waals surface area contributed by atoms with Gasteiger partial charge in [0.05, 0.1) is 18.8 Å². The minimum atomic E-state index is -0.351. The number of aliphatic hydroxyl groups is 1. The molecule has 2 atom stereocenters. The van der Waals surface area contributed by atoms with E-state index in [1.165, 1.54) is 5.01 Å². The molecule has 0 bridgehead atoms. The maximum absolute atomic E-state index is 12.3. The first-order chi connectivity index (χ1) is 9.01. The van der Waals surface area contributed by atoms with Crippen molar-refractivity contribution in [3.8, 4) is 0 Å². The van der Waals surface area contributed by atoms with Gasteiger partial charge in [-0.3, -0.25) is 9.59 Å². The Balaban J connectivity index is 2.07. The second-order valence-electron chi connectivity index (χ2n) is 4.93. The van der Waals surface area contributed by atoms with Crippen molar-refractivity contribution in [2.45, 2.75) is 32.0 Å². The van der Waals surface area contributed by atoms with Crippen LogP contribution in [-0.4, -0.2) is 71.5 Å². The summed E-state index contributed by atoms with van der Waals surface area (Å²) >= 11 is 0.